The molecule has 29 heavy (non-hydrogen) atoms. The smallest absolute Gasteiger partial charge is 0.442 e. The van der Waals surface area contributed by atoms with E-state index in [0.717, 1.165) is 0 Å². The molecule has 0 radical (unpaired) electrons. The van der Waals surface area contributed by atoms with Gasteiger partial charge >= 0.3 is 10.7 Å². The molecule has 0 unspecified atom stereocenters. The van der Waals surface area contributed by atoms with Crippen LogP contribution in [0.15, 0.2) is 62.9 Å². The van der Waals surface area contributed by atoms with Gasteiger partial charge in [-0.05, 0) is 65.0 Å². The molecule has 3 rings (SSSR count). The number of benzene rings is 2. The van der Waals surface area contributed by atoms with Crippen molar-refractivity contribution in [1.82, 2.24) is 5.27 Å². The van der Waals surface area contributed by atoms with Gasteiger partial charge in [-0.2, -0.15) is 0 Å². The van der Waals surface area contributed by atoms with Crippen LogP contribution in [0.3, 0.4) is 0 Å². The number of carbonyl (C=O) groups excluding carboxylic acids is 2. The number of H-pyrrole nitrogens is 1. The molecule has 150 valence electrons. The first-order valence-corrected chi connectivity index (χ1v) is 9.78. The zero-order valence-electron chi connectivity index (χ0n) is 15.9. The Morgan fingerprint density at radius 3 is 2.45 bits per heavy atom. The number of amides is 1. The molecule has 0 saturated heterocycles. The van der Waals surface area contributed by atoms with Crippen LogP contribution in [0.25, 0.3) is 5.69 Å². The molecule has 0 aliphatic carbocycles. The van der Waals surface area contributed by atoms with Gasteiger partial charge in [0, 0.05) is 35.6 Å². The van der Waals surface area contributed by atoms with Crippen molar-refractivity contribution < 1.29 is 23.5 Å². The summed E-state index contributed by atoms with van der Waals surface area (Å²) >= 11 is 1.22. The van der Waals surface area contributed by atoms with Crippen molar-refractivity contribution in [3.63, 3.8) is 0 Å². The standard InChI is InChI=1S/C20H19N3O5S/c1-13(24)14-3-5-15(6-4-14)21-18(25)11-12-29-19-20(26)28-22-23(19)16-7-9-17(27-2)10-8-16/h3-10H,11-12H2,1-2H3,(H-,21,22,24,25,26)/p+1. The first-order chi connectivity index (χ1) is 14.0. The highest BCUT2D eigenvalue weighted by molar-refractivity contribution is 7.99. The summed E-state index contributed by atoms with van der Waals surface area (Å²) in [6, 6.07) is 13.8. The van der Waals surface area contributed by atoms with E-state index in [0.29, 0.717) is 33.5 Å². The maximum Gasteiger partial charge on any atom is 0.442 e. The maximum absolute atomic E-state index is 12.1. The Bertz CT molecular complexity index is 1050. The largest absolute Gasteiger partial charge is 0.497 e. The topological polar surface area (TPSA) is 105 Å². The summed E-state index contributed by atoms with van der Waals surface area (Å²) in [5.74, 6) is 0.858. The Morgan fingerprint density at radius 2 is 1.83 bits per heavy atom. The number of hydrogen-bond donors (Lipinski definition) is 2. The Kier molecular flexibility index (Phi) is 6.50. The van der Waals surface area contributed by atoms with Crippen LogP contribution in [0.4, 0.5) is 5.69 Å². The van der Waals surface area contributed by atoms with Gasteiger partial charge in [0.1, 0.15) is 5.75 Å². The van der Waals surface area contributed by atoms with Crippen LogP contribution >= 0.6 is 11.8 Å². The van der Waals surface area contributed by atoms with Crippen LogP contribution in [0.2, 0.25) is 0 Å². The lowest BCUT2D eigenvalue weighted by atomic mass is 10.1. The summed E-state index contributed by atoms with van der Waals surface area (Å²) in [5, 5.41) is 5.67. The molecule has 1 amide bonds. The second-order valence-electron chi connectivity index (χ2n) is 6.10. The van der Waals surface area contributed by atoms with Gasteiger partial charge in [0.2, 0.25) is 11.6 Å². The average molecular weight is 414 g/mol. The number of ketones is 1. The van der Waals surface area contributed by atoms with Crippen molar-refractivity contribution in [3.8, 4) is 11.4 Å². The average Bonchev–Trinajstić information content (AvgIpc) is 3.09. The Labute approximate surface area is 170 Å². The Hall–Kier alpha value is -3.33. The van der Waals surface area contributed by atoms with Gasteiger partial charge in [0.15, 0.2) is 5.78 Å². The third-order valence-electron chi connectivity index (χ3n) is 4.08. The molecular formula is C20H20N3O5S+. The fourth-order valence-electron chi connectivity index (χ4n) is 2.54. The lowest BCUT2D eigenvalue weighted by molar-refractivity contribution is -0.704. The number of aromatic amines is 1. The van der Waals surface area contributed by atoms with E-state index in [2.05, 4.69) is 10.6 Å². The summed E-state index contributed by atoms with van der Waals surface area (Å²) in [4.78, 5) is 35.4. The van der Waals surface area contributed by atoms with Crippen LogP contribution in [-0.2, 0) is 4.79 Å². The molecule has 0 bridgehead atoms. The zero-order chi connectivity index (χ0) is 20.8. The summed E-state index contributed by atoms with van der Waals surface area (Å²) in [7, 11) is 1.58. The van der Waals surface area contributed by atoms with E-state index in [9.17, 15) is 14.4 Å². The van der Waals surface area contributed by atoms with Crippen LogP contribution in [-0.4, -0.2) is 29.8 Å². The number of carbonyl (C=O) groups is 2. The number of nitrogens with zero attached hydrogens (tertiary/aromatic N) is 1. The lowest BCUT2D eigenvalue weighted by Gasteiger charge is -2.05. The molecule has 0 fully saturated rings. The number of Topliss-reactive ketones (excluding diaryl/α,β-unsaturated/α-hetero) is 1. The molecule has 2 aromatic carbocycles. The van der Waals surface area contributed by atoms with Gasteiger partial charge in [-0.1, -0.05) is 0 Å². The van der Waals surface area contributed by atoms with E-state index in [4.69, 9.17) is 9.26 Å². The molecule has 9 heteroatoms. The fraction of sp³-hybridized carbons (Fsp3) is 0.200. The fourth-order valence-corrected chi connectivity index (χ4v) is 3.45. The molecule has 3 aromatic rings. The third-order valence-corrected chi connectivity index (χ3v) is 5.11. The predicted octanol–water partition coefficient (Wildman–Crippen LogP) is 2.58. The van der Waals surface area contributed by atoms with E-state index in [-0.39, 0.29) is 18.1 Å². The summed E-state index contributed by atoms with van der Waals surface area (Å²) < 4.78 is 11.5. The van der Waals surface area contributed by atoms with E-state index >= 15 is 0 Å². The monoisotopic (exact) mass is 414 g/mol. The van der Waals surface area contributed by atoms with Crippen molar-refractivity contribution in [2.75, 3.05) is 18.2 Å². The molecule has 0 atom stereocenters. The molecule has 8 nitrogen and oxygen atoms in total. The number of hydrogen-bond acceptors (Lipinski definition) is 6. The SMILES string of the molecule is COc1ccc(-[n+]2[nH]oc(=O)c2SCCC(=O)Nc2ccc(C(C)=O)cc2)cc1. The number of aromatic nitrogens is 2. The second kappa shape index (κ2) is 9.24. The molecule has 0 aliphatic heterocycles. The van der Waals surface area contributed by atoms with Crippen molar-refractivity contribution in [1.29, 1.82) is 0 Å². The van der Waals surface area contributed by atoms with Crippen LogP contribution in [0.5, 0.6) is 5.75 Å². The highest BCUT2D eigenvalue weighted by Gasteiger charge is 2.24. The van der Waals surface area contributed by atoms with Gasteiger partial charge < -0.3 is 10.1 Å². The minimum absolute atomic E-state index is 0.0326. The number of rotatable bonds is 8. The predicted molar refractivity (Wildman–Crippen MR) is 108 cm³/mol. The normalized spacial score (nSPS) is 10.6. The van der Waals surface area contributed by atoms with Gasteiger partial charge in [0.05, 0.1) is 7.11 Å². The van der Waals surface area contributed by atoms with Crippen LogP contribution in [0, 0.1) is 0 Å². The molecule has 2 N–H and O–H groups in total. The molecule has 0 spiro atoms. The quantitative estimate of drug-likeness (QED) is 0.333. The van der Waals surface area contributed by atoms with Gasteiger partial charge in [-0.3, -0.25) is 14.1 Å². The van der Waals surface area contributed by atoms with Crippen molar-refractivity contribution in [2.24, 2.45) is 0 Å². The highest BCUT2D eigenvalue weighted by atomic mass is 32.2. The number of methoxy groups -OCH3 is 1. The van der Waals surface area contributed by atoms with Gasteiger partial charge in [0.25, 0.3) is 0 Å². The first kappa shape index (κ1) is 20.4. The number of anilines is 1. The number of ether oxygens (including phenoxy) is 1. The summed E-state index contributed by atoms with van der Waals surface area (Å²) in [6.45, 7) is 1.49. The zero-order valence-corrected chi connectivity index (χ0v) is 16.7. The molecule has 1 aromatic heterocycles. The van der Waals surface area contributed by atoms with Gasteiger partial charge in [-0.15, -0.1) is 0 Å². The Morgan fingerprint density at radius 1 is 1.14 bits per heavy atom. The van der Waals surface area contributed by atoms with E-state index < -0.39 is 5.63 Å². The lowest BCUT2D eigenvalue weighted by Crippen LogP contribution is -2.36. The van der Waals surface area contributed by atoms with E-state index in [1.807, 2.05) is 0 Å². The number of nitrogens with one attached hydrogen (secondary N) is 2. The summed E-state index contributed by atoms with van der Waals surface area (Å²) in [5.41, 5.74) is 1.39. The summed E-state index contributed by atoms with van der Waals surface area (Å²) in [6.07, 6.45) is 0.201. The molecule has 1 heterocycles. The molecule has 0 aliphatic rings. The minimum Gasteiger partial charge on any atom is -0.497 e. The van der Waals surface area contributed by atoms with E-state index in [1.165, 1.54) is 23.4 Å². The van der Waals surface area contributed by atoms with Crippen molar-refractivity contribution >= 4 is 29.1 Å². The van der Waals surface area contributed by atoms with Crippen molar-refractivity contribution in [3.05, 3.63) is 64.5 Å². The third kappa shape index (κ3) is 5.14. The number of thioether (sulfide) groups is 1. The second-order valence-corrected chi connectivity index (χ2v) is 7.18. The Balaban J connectivity index is 1.58. The molecule has 0 saturated carbocycles. The maximum atomic E-state index is 12.1. The highest BCUT2D eigenvalue weighted by Crippen LogP contribution is 2.16. The van der Waals surface area contributed by atoms with E-state index in [1.54, 1.807) is 55.6 Å². The minimum atomic E-state index is -0.508. The van der Waals surface area contributed by atoms with Crippen LogP contribution < -0.4 is 20.4 Å². The molecular weight excluding hydrogens is 394 g/mol. The van der Waals surface area contributed by atoms with Crippen LogP contribution in [0.1, 0.15) is 23.7 Å². The van der Waals surface area contributed by atoms with Crippen molar-refractivity contribution in [2.45, 2.75) is 18.4 Å². The first-order valence-electron chi connectivity index (χ1n) is 8.79. The van der Waals surface area contributed by atoms with Gasteiger partial charge in [-0.25, -0.2) is 4.79 Å².